The molecule has 0 bridgehead atoms. The standard InChI is InChI=1S/C70H127NO8/c1-6-8-10-12-14-16-18-20-22-24-26-28-30-31-32-33-34-35-36-37-39-41-43-45-47-49-51-53-55-57-59-61-68(73)79-66(65-78-70(69(74)75)76-63-62-71(3,4)5)64-77-67(72)60-58-56-54-52-50-48-46-44-42-40-38-29-27-25-23-21-19-17-15-13-11-9-7-2/h8,10,14,16,20,22,26,28,31-32,66,70H,6-7,9,11-13,15,17-19,21,23-25,27,29-30,33-65H2,1-5H3/p+1/b10-8-,16-14-,22-20-,28-26-,32-31-. The molecule has 79 heavy (non-hydrogen) atoms. The van der Waals surface area contributed by atoms with Gasteiger partial charge in [0.2, 0.25) is 0 Å². The second-order valence-electron chi connectivity index (χ2n) is 23.8. The molecule has 2 atom stereocenters. The number of carboxylic acid groups (broad SMARTS) is 1. The van der Waals surface area contributed by atoms with Crippen molar-refractivity contribution in [1.82, 2.24) is 0 Å². The quantitative estimate of drug-likeness (QED) is 0.0211. The number of hydrogen-bond acceptors (Lipinski definition) is 7. The monoisotopic (exact) mass is 1110 g/mol. The largest absolute Gasteiger partial charge is 0.477 e. The van der Waals surface area contributed by atoms with Crippen LogP contribution in [0.2, 0.25) is 0 Å². The Kier molecular flexibility index (Phi) is 58.7. The first-order valence-electron chi connectivity index (χ1n) is 33.5. The summed E-state index contributed by atoms with van der Waals surface area (Å²) in [6.07, 6.45) is 76.1. The zero-order valence-corrected chi connectivity index (χ0v) is 52.5. The van der Waals surface area contributed by atoms with Gasteiger partial charge >= 0.3 is 17.9 Å². The minimum absolute atomic E-state index is 0.178. The highest BCUT2D eigenvalue weighted by molar-refractivity contribution is 5.71. The van der Waals surface area contributed by atoms with E-state index in [1.165, 1.54) is 212 Å². The van der Waals surface area contributed by atoms with Gasteiger partial charge in [-0.15, -0.1) is 0 Å². The number of quaternary nitrogens is 1. The van der Waals surface area contributed by atoms with Gasteiger partial charge < -0.3 is 28.5 Å². The van der Waals surface area contributed by atoms with Crippen LogP contribution in [0.1, 0.15) is 309 Å². The molecule has 0 spiro atoms. The highest BCUT2D eigenvalue weighted by Crippen LogP contribution is 2.18. The molecule has 0 amide bonds. The average Bonchev–Trinajstić information content (AvgIpc) is 3.42. The summed E-state index contributed by atoms with van der Waals surface area (Å²) in [5, 5.41) is 9.74. The molecule has 0 radical (unpaired) electrons. The molecule has 0 heterocycles. The number of carbonyl (C=O) groups is 3. The van der Waals surface area contributed by atoms with E-state index in [-0.39, 0.29) is 32.2 Å². The summed E-state index contributed by atoms with van der Waals surface area (Å²) in [4.78, 5) is 37.6. The Morgan fingerprint density at radius 2 is 0.722 bits per heavy atom. The summed E-state index contributed by atoms with van der Waals surface area (Å²) >= 11 is 0. The Balaban J connectivity index is 4.11. The molecule has 0 aromatic rings. The summed E-state index contributed by atoms with van der Waals surface area (Å²) in [5.74, 6) is -1.98. The van der Waals surface area contributed by atoms with Crippen LogP contribution in [-0.2, 0) is 33.3 Å². The third-order valence-electron chi connectivity index (χ3n) is 14.8. The fourth-order valence-corrected chi connectivity index (χ4v) is 9.69. The topological polar surface area (TPSA) is 108 Å². The van der Waals surface area contributed by atoms with Gasteiger partial charge in [-0.3, -0.25) is 9.59 Å². The summed E-state index contributed by atoms with van der Waals surface area (Å²) < 4.78 is 23.0. The van der Waals surface area contributed by atoms with Crippen molar-refractivity contribution in [1.29, 1.82) is 0 Å². The maximum Gasteiger partial charge on any atom is 0.361 e. The molecule has 9 heteroatoms. The van der Waals surface area contributed by atoms with Crippen molar-refractivity contribution in [3.63, 3.8) is 0 Å². The molecule has 0 saturated heterocycles. The van der Waals surface area contributed by atoms with Crippen molar-refractivity contribution in [2.24, 2.45) is 0 Å². The minimum Gasteiger partial charge on any atom is -0.477 e. The van der Waals surface area contributed by atoms with Gasteiger partial charge in [-0.05, 0) is 57.8 Å². The van der Waals surface area contributed by atoms with E-state index in [1.807, 2.05) is 21.1 Å². The van der Waals surface area contributed by atoms with Crippen molar-refractivity contribution in [2.75, 3.05) is 47.5 Å². The van der Waals surface area contributed by atoms with Gasteiger partial charge in [0.25, 0.3) is 6.29 Å². The Morgan fingerprint density at radius 3 is 1.08 bits per heavy atom. The van der Waals surface area contributed by atoms with E-state index in [9.17, 15) is 19.5 Å². The Morgan fingerprint density at radius 1 is 0.392 bits per heavy atom. The van der Waals surface area contributed by atoms with E-state index in [0.717, 1.165) is 70.6 Å². The molecule has 0 aliphatic heterocycles. The molecule has 0 rings (SSSR count). The highest BCUT2D eigenvalue weighted by Gasteiger charge is 2.25. The van der Waals surface area contributed by atoms with Gasteiger partial charge in [0, 0.05) is 12.8 Å². The lowest BCUT2D eigenvalue weighted by Crippen LogP contribution is -2.40. The van der Waals surface area contributed by atoms with E-state index >= 15 is 0 Å². The van der Waals surface area contributed by atoms with Gasteiger partial charge in [-0.25, -0.2) is 4.79 Å². The van der Waals surface area contributed by atoms with E-state index in [0.29, 0.717) is 17.4 Å². The number of esters is 2. The molecule has 0 aromatic carbocycles. The number of unbranched alkanes of at least 4 members (excludes halogenated alkanes) is 37. The Hall–Kier alpha value is -3.01. The third-order valence-corrected chi connectivity index (χ3v) is 14.8. The average molecular weight is 1110 g/mol. The molecule has 0 saturated carbocycles. The van der Waals surface area contributed by atoms with Crippen molar-refractivity contribution in [3.05, 3.63) is 60.8 Å². The van der Waals surface area contributed by atoms with Crippen molar-refractivity contribution in [3.8, 4) is 0 Å². The molecule has 0 fully saturated rings. The second-order valence-corrected chi connectivity index (χ2v) is 23.8. The summed E-state index contributed by atoms with van der Waals surface area (Å²) in [6.45, 7) is 4.82. The van der Waals surface area contributed by atoms with Crippen LogP contribution in [0.15, 0.2) is 60.8 Å². The molecule has 2 unspecified atom stereocenters. The van der Waals surface area contributed by atoms with Crippen molar-refractivity contribution in [2.45, 2.75) is 322 Å². The fraction of sp³-hybridized carbons (Fsp3) is 0.814. The molecule has 0 aromatic heterocycles. The van der Waals surface area contributed by atoms with Crippen LogP contribution in [0.25, 0.3) is 0 Å². The number of rotatable bonds is 62. The minimum atomic E-state index is -1.51. The number of ether oxygens (including phenoxy) is 4. The van der Waals surface area contributed by atoms with Crippen LogP contribution < -0.4 is 0 Å². The number of carbonyl (C=O) groups excluding carboxylic acids is 2. The number of carboxylic acids is 1. The molecule has 0 aliphatic carbocycles. The first-order valence-corrected chi connectivity index (χ1v) is 33.5. The predicted molar refractivity (Wildman–Crippen MR) is 336 cm³/mol. The Bertz CT molecular complexity index is 1480. The smallest absolute Gasteiger partial charge is 0.361 e. The van der Waals surface area contributed by atoms with Crippen LogP contribution in [0.3, 0.4) is 0 Å². The van der Waals surface area contributed by atoms with Crippen LogP contribution in [-0.4, -0.2) is 87.4 Å². The molecule has 0 aliphatic rings. The maximum atomic E-state index is 12.9. The van der Waals surface area contributed by atoms with E-state index < -0.39 is 24.3 Å². The number of nitrogens with zero attached hydrogens (tertiary/aromatic N) is 1. The molecular formula is C70H128NO8+. The first-order chi connectivity index (χ1) is 38.6. The number of hydrogen-bond donors (Lipinski definition) is 1. The van der Waals surface area contributed by atoms with Crippen LogP contribution in [0, 0.1) is 0 Å². The summed E-state index contributed by atoms with van der Waals surface area (Å²) in [6, 6.07) is 0. The lowest BCUT2D eigenvalue weighted by molar-refractivity contribution is -0.870. The molecule has 460 valence electrons. The predicted octanol–water partition coefficient (Wildman–Crippen LogP) is 20.4. The van der Waals surface area contributed by atoms with Crippen molar-refractivity contribution >= 4 is 17.9 Å². The SMILES string of the molecule is CC/C=C\C/C=C\C/C=C\C/C=C\C/C=C\CCCCCCCCCCCCCCCCCC(=O)OC(COC(=O)CCCCCCCCCCCCCCCCCCCCCCCCC)COC(OCC[N+](C)(C)C)C(=O)O. The Labute approximate surface area is 488 Å². The van der Waals surface area contributed by atoms with Gasteiger partial charge in [-0.2, -0.15) is 0 Å². The van der Waals surface area contributed by atoms with Crippen LogP contribution in [0.5, 0.6) is 0 Å². The molecular weight excluding hydrogens is 983 g/mol. The van der Waals surface area contributed by atoms with Crippen LogP contribution in [0.4, 0.5) is 0 Å². The van der Waals surface area contributed by atoms with Gasteiger partial charge in [0.15, 0.2) is 6.10 Å². The number of likely N-dealkylation sites (N-methyl/N-ethyl adjacent to an activating group) is 1. The van der Waals surface area contributed by atoms with E-state index in [4.69, 9.17) is 18.9 Å². The lowest BCUT2D eigenvalue weighted by Gasteiger charge is -2.25. The van der Waals surface area contributed by atoms with Gasteiger partial charge in [-0.1, -0.05) is 299 Å². The highest BCUT2D eigenvalue weighted by atomic mass is 16.7. The fourth-order valence-electron chi connectivity index (χ4n) is 9.69. The van der Waals surface area contributed by atoms with Crippen molar-refractivity contribution < 1.29 is 42.9 Å². The first kappa shape index (κ1) is 76.0. The second kappa shape index (κ2) is 61.1. The zero-order valence-electron chi connectivity index (χ0n) is 52.5. The van der Waals surface area contributed by atoms with E-state index in [1.54, 1.807) is 0 Å². The van der Waals surface area contributed by atoms with Crippen LogP contribution >= 0.6 is 0 Å². The summed E-state index contributed by atoms with van der Waals surface area (Å²) in [7, 11) is 5.98. The van der Waals surface area contributed by atoms with E-state index in [2.05, 4.69) is 74.6 Å². The number of allylic oxidation sites excluding steroid dienone is 10. The molecule has 1 N–H and O–H groups in total. The lowest BCUT2D eigenvalue weighted by atomic mass is 10.0. The maximum absolute atomic E-state index is 12.9. The molecule has 9 nitrogen and oxygen atoms in total. The zero-order chi connectivity index (χ0) is 57.6. The van der Waals surface area contributed by atoms with Gasteiger partial charge in [0.1, 0.15) is 13.2 Å². The summed E-state index contributed by atoms with van der Waals surface area (Å²) in [5.41, 5.74) is 0. The normalized spacial score (nSPS) is 13.1. The van der Waals surface area contributed by atoms with Gasteiger partial charge in [0.05, 0.1) is 34.4 Å². The third kappa shape index (κ3) is 62.4. The number of aliphatic carboxylic acids is 1.